The van der Waals surface area contributed by atoms with E-state index in [0.717, 1.165) is 62.1 Å². The van der Waals surface area contributed by atoms with E-state index in [4.69, 9.17) is 0 Å². The van der Waals surface area contributed by atoms with Crippen molar-refractivity contribution in [1.82, 2.24) is 9.80 Å². The molecule has 0 aromatic heterocycles. The molecular formula is C20H29FN2O. The summed E-state index contributed by atoms with van der Waals surface area (Å²) >= 11 is 0. The summed E-state index contributed by atoms with van der Waals surface area (Å²) in [7, 11) is 0. The van der Waals surface area contributed by atoms with Crippen LogP contribution in [0, 0.1) is 19.7 Å². The molecule has 2 heterocycles. The van der Waals surface area contributed by atoms with E-state index < -0.39 is 0 Å². The maximum absolute atomic E-state index is 14.2. The Kier molecular flexibility index (Phi) is 5.54. The second kappa shape index (κ2) is 7.64. The molecular weight excluding hydrogens is 303 g/mol. The second-order valence-corrected chi connectivity index (χ2v) is 7.37. The highest BCUT2D eigenvalue weighted by Gasteiger charge is 2.26. The van der Waals surface area contributed by atoms with Gasteiger partial charge in [0.1, 0.15) is 5.82 Å². The number of rotatable bonds is 5. The van der Waals surface area contributed by atoms with Gasteiger partial charge in [-0.15, -0.1) is 0 Å². The van der Waals surface area contributed by atoms with Crippen LogP contribution in [0.5, 0.6) is 0 Å². The lowest BCUT2D eigenvalue weighted by molar-refractivity contribution is -0.127. The van der Waals surface area contributed by atoms with Crippen LogP contribution in [0.25, 0.3) is 0 Å². The predicted molar refractivity (Wildman–Crippen MR) is 94.4 cm³/mol. The van der Waals surface area contributed by atoms with E-state index in [9.17, 15) is 9.18 Å². The molecule has 2 aliphatic rings. The molecule has 0 spiro atoms. The van der Waals surface area contributed by atoms with Gasteiger partial charge in [-0.05, 0) is 62.8 Å². The number of aryl methyl sites for hydroxylation is 1. The fraction of sp³-hybridized carbons (Fsp3) is 0.650. The summed E-state index contributed by atoms with van der Waals surface area (Å²) in [5.41, 5.74) is 2.61. The molecule has 132 valence electrons. The van der Waals surface area contributed by atoms with E-state index in [0.29, 0.717) is 11.9 Å². The minimum absolute atomic E-state index is 0.0660. The quantitative estimate of drug-likeness (QED) is 0.818. The molecule has 0 unspecified atom stereocenters. The Bertz CT molecular complexity index is 602. The zero-order valence-electron chi connectivity index (χ0n) is 15.0. The summed E-state index contributed by atoms with van der Waals surface area (Å²) in [5.74, 6) is 0.248. The molecule has 2 aliphatic heterocycles. The van der Waals surface area contributed by atoms with Crippen LogP contribution < -0.4 is 0 Å². The van der Waals surface area contributed by atoms with E-state index in [1.807, 2.05) is 24.8 Å². The molecule has 1 aromatic rings. The van der Waals surface area contributed by atoms with Crippen molar-refractivity contribution in [2.24, 2.45) is 0 Å². The highest BCUT2D eigenvalue weighted by Crippen LogP contribution is 2.25. The van der Waals surface area contributed by atoms with E-state index >= 15 is 0 Å². The third-order valence-electron chi connectivity index (χ3n) is 5.72. The SMILES string of the molecule is Cc1ccc(CN2CCCC[C@H]2CCN2CCCC2=O)c(C)c1F. The molecule has 0 aliphatic carbocycles. The molecule has 1 atom stereocenters. The zero-order valence-corrected chi connectivity index (χ0v) is 15.0. The fourth-order valence-electron chi connectivity index (χ4n) is 4.09. The lowest BCUT2D eigenvalue weighted by atomic mass is 9.97. The highest BCUT2D eigenvalue weighted by atomic mass is 19.1. The Morgan fingerprint density at radius 1 is 1.17 bits per heavy atom. The van der Waals surface area contributed by atoms with Crippen molar-refractivity contribution in [3.63, 3.8) is 0 Å². The Morgan fingerprint density at radius 3 is 2.75 bits per heavy atom. The van der Waals surface area contributed by atoms with E-state index in [2.05, 4.69) is 11.0 Å². The van der Waals surface area contributed by atoms with Crippen LogP contribution in [0.2, 0.25) is 0 Å². The number of halogens is 1. The minimum Gasteiger partial charge on any atom is -0.343 e. The molecule has 0 saturated carbocycles. The number of hydrogen-bond donors (Lipinski definition) is 0. The first-order valence-corrected chi connectivity index (χ1v) is 9.32. The summed E-state index contributed by atoms with van der Waals surface area (Å²) < 4.78 is 14.2. The number of amides is 1. The normalized spacial score (nSPS) is 22.4. The lowest BCUT2D eigenvalue weighted by Crippen LogP contribution is -2.41. The van der Waals surface area contributed by atoms with Crippen molar-refractivity contribution in [2.45, 2.75) is 65.0 Å². The summed E-state index contributed by atoms with van der Waals surface area (Å²) in [6.07, 6.45) is 6.43. The number of carbonyl (C=O) groups excluding carboxylic acids is 1. The summed E-state index contributed by atoms with van der Waals surface area (Å²) in [4.78, 5) is 16.3. The molecule has 2 fully saturated rings. The van der Waals surface area contributed by atoms with E-state index in [-0.39, 0.29) is 5.82 Å². The molecule has 0 bridgehead atoms. The standard InChI is InChI=1S/C20H29FN2O/c1-15-8-9-17(16(2)20(15)21)14-23-11-4-3-6-18(23)10-13-22-12-5-7-19(22)24/h8-9,18H,3-7,10-14H2,1-2H3/t18-/m0/s1. The third kappa shape index (κ3) is 3.80. The number of hydrogen-bond acceptors (Lipinski definition) is 2. The van der Waals surface area contributed by atoms with Crippen molar-refractivity contribution in [3.05, 3.63) is 34.6 Å². The second-order valence-electron chi connectivity index (χ2n) is 7.37. The largest absolute Gasteiger partial charge is 0.343 e. The van der Waals surface area contributed by atoms with Crippen LogP contribution in [0.3, 0.4) is 0 Å². The molecule has 24 heavy (non-hydrogen) atoms. The van der Waals surface area contributed by atoms with Gasteiger partial charge in [0.15, 0.2) is 0 Å². The first-order valence-electron chi connectivity index (χ1n) is 9.32. The van der Waals surface area contributed by atoms with Crippen molar-refractivity contribution in [1.29, 1.82) is 0 Å². The monoisotopic (exact) mass is 332 g/mol. The Labute approximate surface area is 144 Å². The van der Waals surface area contributed by atoms with Gasteiger partial charge in [-0.2, -0.15) is 0 Å². The highest BCUT2D eigenvalue weighted by molar-refractivity contribution is 5.78. The van der Waals surface area contributed by atoms with Crippen LogP contribution >= 0.6 is 0 Å². The average molecular weight is 332 g/mol. The Morgan fingerprint density at radius 2 is 2.00 bits per heavy atom. The third-order valence-corrected chi connectivity index (χ3v) is 5.72. The number of nitrogens with zero attached hydrogens (tertiary/aromatic N) is 2. The number of likely N-dealkylation sites (tertiary alicyclic amines) is 2. The smallest absolute Gasteiger partial charge is 0.222 e. The number of benzene rings is 1. The van der Waals surface area contributed by atoms with Gasteiger partial charge in [-0.3, -0.25) is 9.69 Å². The fourth-order valence-corrected chi connectivity index (χ4v) is 4.09. The van der Waals surface area contributed by atoms with Gasteiger partial charge in [0.05, 0.1) is 0 Å². The molecule has 2 saturated heterocycles. The Hall–Kier alpha value is -1.42. The lowest BCUT2D eigenvalue weighted by Gasteiger charge is -2.37. The molecule has 3 nitrogen and oxygen atoms in total. The summed E-state index contributed by atoms with van der Waals surface area (Å²) in [6.45, 7) is 7.41. The summed E-state index contributed by atoms with van der Waals surface area (Å²) in [6, 6.07) is 4.47. The van der Waals surface area contributed by atoms with Gasteiger partial charge in [-0.1, -0.05) is 18.6 Å². The van der Waals surface area contributed by atoms with Crippen LogP contribution in [0.15, 0.2) is 12.1 Å². The number of carbonyl (C=O) groups is 1. The Balaban J connectivity index is 1.64. The predicted octanol–water partition coefficient (Wildman–Crippen LogP) is 3.81. The van der Waals surface area contributed by atoms with Crippen molar-refractivity contribution >= 4 is 5.91 Å². The average Bonchev–Trinajstić information content (AvgIpc) is 2.99. The molecule has 3 rings (SSSR count). The van der Waals surface area contributed by atoms with Crippen LogP contribution in [-0.2, 0) is 11.3 Å². The van der Waals surface area contributed by atoms with Crippen molar-refractivity contribution < 1.29 is 9.18 Å². The van der Waals surface area contributed by atoms with E-state index in [1.165, 1.54) is 19.3 Å². The van der Waals surface area contributed by atoms with Gasteiger partial charge >= 0.3 is 0 Å². The molecule has 1 aromatic carbocycles. The van der Waals surface area contributed by atoms with Gasteiger partial charge in [0.2, 0.25) is 5.91 Å². The maximum atomic E-state index is 14.2. The van der Waals surface area contributed by atoms with Crippen LogP contribution in [0.4, 0.5) is 4.39 Å². The molecule has 0 N–H and O–H groups in total. The molecule has 1 amide bonds. The zero-order chi connectivity index (χ0) is 17.1. The van der Waals surface area contributed by atoms with Crippen molar-refractivity contribution in [2.75, 3.05) is 19.6 Å². The first-order chi connectivity index (χ1) is 11.6. The van der Waals surface area contributed by atoms with Gasteiger partial charge < -0.3 is 4.90 Å². The van der Waals surface area contributed by atoms with Crippen LogP contribution in [-0.4, -0.2) is 41.4 Å². The van der Waals surface area contributed by atoms with Gasteiger partial charge in [-0.25, -0.2) is 4.39 Å². The maximum Gasteiger partial charge on any atom is 0.222 e. The first kappa shape index (κ1) is 17.4. The van der Waals surface area contributed by atoms with Crippen LogP contribution in [0.1, 0.15) is 55.2 Å². The molecule has 0 radical (unpaired) electrons. The summed E-state index contributed by atoms with van der Waals surface area (Å²) in [5, 5.41) is 0. The van der Waals surface area contributed by atoms with Crippen molar-refractivity contribution in [3.8, 4) is 0 Å². The van der Waals surface area contributed by atoms with Gasteiger partial charge in [0, 0.05) is 32.1 Å². The molecule has 4 heteroatoms. The topological polar surface area (TPSA) is 23.6 Å². The minimum atomic E-state index is -0.0660. The van der Waals surface area contributed by atoms with E-state index in [1.54, 1.807) is 0 Å². The van der Waals surface area contributed by atoms with Gasteiger partial charge in [0.25, 0.3) is 0 Å². The number of piperidine rings is 1.